The zero-order chi connectivity index (χ0) is 6.12. The summed E-state index contributed by atoms with van der Waals surface area (Å²) in [6.07, 6.45) is 0. The molecule has 0 rings (SSSR count). The Balaban J connectivity index is 0. The lowest BCUT2D eigenvalue weighted by molar-refractivity contribution is 0.318. The second kappa shape index (κ2) is 16.5. The molecule has 0 saturated carbocycles. The van der Waals surface area contributed by atoms with Crippen LogP contribution in [0.4, 0.5) is 0 Å². The third-order valence-electron chi connectivity index (χ3n) is 0.512. The molecule has 0 spiro atoms. The van der Waals surface area contributed by atoms with Crippen LogP contribution in [0.3, 0.4) is 0 Å². The van der Waals surface area contributed by atoms with Crippen LogP contribution >= 0.6 is 0 Å². The van der Waals surface area contributed by atoms with Gasteiger partial charge in [-0.05, 0) is 6.04 Å². The quantitative estimate of drug-likeness (QED) is 0.472. The van der Waals surface area contributed by atoms with E-state index in [9.17, 15) is 0 Å². The van der Waals surface area contributed by atoms with Crippen molar-refractivity contribution < 1.29 is 10.2 Å². The van der Waals surface area contributed by atoms with Gasteiger partial charge in [-0.2, -0.15) is 0 Å². The second-order valence-electron chi connectivity index (χ2n) is 1.08. The summed E-state index contributed by atoms with van der Waals surface area (Å²) in [7, 11) is 1.16. The molecule has 0 bridgehead atoms. The third-order valence-corrected chi connectivity index (χ3v) is 1.54. The van der Waals surface area contributed by atoms with E-state index < -0.39 is 0 Å². The SMILES string of the molecule is CO.C[SiH2]CCO. The number of rotatable bonds is 2. The lowest BCUT2D eigenvalue weighted by Crippen LogP contribution is -1.83. The second-order valence-corrected chi connectivity index (χ2v) is 2.78. The Morgan fingerprint density at radius 2 is 1.86 bits per heavy atom. The van der Waals surface area contributed by atoms with Crippen LogP contribution < -0.4 is 0 Å². The van der Waals surface area contributed by atoms with Crippen molar-refractivity contribution in [2.45, 2.75) is 12.6 Å². The Morgan fingerprint density at radius 1 is 1.43 bits per heavy atom. The summed E-state index contributed by atoms with van der Waals surface area (Å²) in [5.41, 5.74) is 0. The molecule has 7 heavy (non-hydrogen) atoms. The standard InChI is InChI=1S/C3H10OSi.CH4O/c1-5-3-2-4;1-2/h4H,2-3,5H2,1H3;2H,1H3. The van der Waals surface area contributed by atoms with Gasteiger partial charge in [0.05, 0.1) is 0 Å². The summed E-state index contributed by atoms with van der Waals surface area (Å²) < 4.78 is 0. The Kier molecular flexibility index (Phi) is 23.9. The van der Waals surface area contributed by atoms with Gasteiger partial charge in [0.2, 0.25) is 0 Å². The van der Waals surface area contributed by atoms with Crippen LogP contribution in [0.25, 0.3) is 0 Å². The maximum Gasteiger partial charge on any atom is 0.0402 e. The van der Waals surface area contributed by atoms with Crippen LogP contribution in [0.1, 0.15) is 0 Å². The van der Waals surface area contributed by atoms with E-state index in [0.717, 1.165) is 13.2 Å². The molecule has 0 saturated heterocycles. The number of aliphatic hydroxyl groups excluding tert-OH is 2. The van der Waals surface area contributed by atoms with Crippen molar-refractivity contribution >= 4 is 9.52 Å². The normalized spacial score (nSPS) is 8.57. The van der Waals surface area contributed by atoms with Gasteiger partial charge in [0.25, 0.3) is 0 Å². The summed E-state index contributed by atoms with van der Waals surface area (Å²) in [5, 5.41) is 15.1. The maximum atomic E-state index is 8.10. The third kappa shape index (κ3) is 23.0. The molecule has 0 radical (unpaired) electrons. The molecule has 0 amide bonds. The highest BCUT2D eigenvalue weighted by atomic mass is 28.2. The maximum absolute atomic E-state index is 8.10. The van der Waals surface area contributed by atoms with Crippen molar-refractivity contribution in [3.05, 3.63) is 0 Å². The van der Waals surface area contributed by atoms with Crippen LogP contribution in [0.15, 0.2) is 0 Å². The monoisotopic (exact) mass is 122 g/mol. The molecule has 0 aliphatic carbocycles. The molecule has 0 aliphatic heterocycles. The Morgan fingerprint density at radius 3 is 1.86 bits per heavy atom. The van der Waals surface area contributed by atoms with Crippen molar-refractivity contribution in [1.29, 1.82) is 0 Å². The summed E-state index contributed by atoms with van der Waals surface area (Å²) in [4.78, 5) is 0. The average molecular weight is 122 g/mol. The molecule has 2 N–H and O–H groups in total. The van der Waals surface area contributed by atoms with E-state index >= 15 is 0 Å². The minimum absolute atomic E-state index is 0.164. The molecule has 0 heterocycles. The van der Waals surface area contributed by atoms with Crippen molar-refractivity contribution in [2.24, 2.45) is 0 Å². The summed E-state index contributed by atoms with van der Waals surface area (Å²) in [5.74, 6) is 0. The van der Waals surface area contributed by atoms with E-state index in [4.69, 9.17) is 10.2 Å². The van der Waals surface area contributed by atoms with Crippen LogP contribution in [0.2, 0.25) is 12.6 Å². The molecule has 2 nitrogen and oxygen atoms in total. The molecule has 0 unspecified atom stereocenters. The smallest absolute Gasteiger partial charge is 0.0402 e. The van der Waals surface area contributed by atoms with Crippen LogP contribution in [0.5, 0.6) is 0 Å². The highest BCUT2D eigenvalue weighted by Crippen LogP contribution is 1.68. The molecule has 0 aliphatic rings. The number of aliphatic hydroxyl groups is 2. The van der Waals surface area contributed by atoms with Crippen LogP contribution in [0, 0.1) is 0 Å². The molecule has 0 atom stereocenters. The summed E-state index contributed by atoms with van der Waals surface area (Å²) in [6, 6.07) is 1.08. The molecule has 0 aromatic rings. The van der Waals surface area contributed by atoms with Gasteiger partial charge in [-0.3, -0.25) is 0 Å². The van der Waals surface area contributed by atoms with E-state index in [2.05, 4.69) is 6.55 Å². The highest BCUT2D eigenvalue weighted by molar-refractivity contribution is 6.33. The molecule has 46 valence electrons. The van der Waals surface area contributed by atoms with Gasteiger partial charge in [-0.1, -0.05) is 6.55 Å². The average Bonchev–Trinajstić information content (AvgIpc) is 1.75. The molecular formula is C4H14O2Si. The first kappa shape index (κ1) is 10.2. The largest absolute Gasteiger partial charge is 0.400 e. The topological polar surface area (TPSA) is 40.5 Å². The van der Waals surface area contributed by atoms with E-state index in [1.165, 1.54) is 0 Å². The lowest BCUT2D eigenvalue weighted by atomic mass is 10.9. The first-order valence-electron chi connectivity index (χ1n) is 2.47. The van der Waals surface area contributed by atoms with Crippen molar-refractivity contribution in [1.82, 2.24) is 0 Å². The highest BCUT2D eigenvalue weighted by Gasteiger charge is 1.70. The van der Waals surface area contributed by atoms with Gasteiger partial charge >= 0.3 is 0 Å². The van der Waals surface area contributed by atoms with E-state index in [0.29, 0.717) is 6.61 Å². The first-order valence-corrected chi connectivity index (χ1v) is 4.88. The van der Waals surface area contributed by atoms with Gasteiger partial charge in [-0.25, -0.2) is 0 Å². The van der Waals surface area contributed by atoms with Gasteiger partial charge in [0.1, 0.15) is 0 Å². The fraction of sp³-hybridized carbons (Fsp3) is 1.00. The predicted molar refractivity (Wildman–Crippen MR) is 34.4 cm³/mol. The summed E-state index contributed by atoms with van der Waals surface area (Å²) >= 11 is 0. The van der Waals surface area contributed by atoms with E-state index in [1.54, 1.807) is 0 Å². The minimum Gasteiger partial charge on any atom is -0.400 e. The first-order chi connectivity index (χ1) is 3.41. The molecule has 0 aromatic carbocycles. The zero-order valence-corrected chi connectivity index (χ0v) is 6.43. The number of hydrogen-bond donors (Lipinski definition) is 2. The molecule has 0 fully saturated rings. The fourth-order valence-corrected chi connectivity index (χ4v) is 0.474. The van der Waals surface area contributed by atoms with Gasteiger partial charge < -0.3 is 10.2 Å². The van der Waals surface area contributed by atoms with E-state index in [-0.39, 0.29) is 9.52 Å². The Labute approximate surface area is 47.0 Å². The molecular weight excluding hydrogens is 108 g/mol. The van der Waals surface area contributed by atoms with Crippen LogP contribution in [-0.2, 0) is 0 Å². The molecule has 3 heteroatoms. The minimum atomic E-state index is 0.164. The van der Waals surface area contributed by atoms with Crippen molar-refractivity contribution in [3.8, 4) is 0 Å². The summed E-state index contributed by atoms with van der Waals surface area (Å²) in [6.45, 7) is 2.60. The van der Waals surface area contributed by atoms with Crippen molar-refractivity contribution in [2.75, 3.05) is 13.7 Å². The molecule has 0 aromatic heterocycles. The van der Waals surface area contributed by atoms with Gasteiger partial charge in [0.15, 0.2) is 0 Å². The predicted octanol–water partition coefficient (Wildman–Crippen LogP) is -0.778. The Bertz CT molecular complexity index is 17.2. The van der Waals surface area contributed by atoms with Crippen LogP contribution in [-0.4, -0.2) is 33.4 Å². The zero-order valence-electron chi connectivity index (χ0n) is 5.02. The van der Waals surface area contributed by atoms with Gasteiger partial charge in [-0.15, -0.1) is 0 Å². The number of hydrogen-bond acceptors (Lipinski definition) is 2. The van der Waals surface area contributed by atoms with E-state index in [1.807, 2.05) is 0 Å². The van der Waals surface area contributed by atoms with Gasteiger partial charge in [0, 0.05) is 23.2 Å². The fourth-order valence-electron chi connectivity index (χ4n) is 0.158. The Hall–Kier alpha value is 0.137. The van der Waals surface area contributed by atoms with Crippen molar-refractivity contribution in [3.63, 3.8) is 0 Å². The lowest BCUT2D eigenvalue weighted by Gasteiger charge is -1.78.